The van der Waals surface area contributed by atoms with E-state index < -0.39 is 5.97 Å². The predicted molar refractivity (Wildman–Crippen MR) is 109 cm³/mol. The molecule has 3 aromatic rings. The molecule has 28 heavy (non-hydrogen) atoms. The number of carbonyl (C=O) groups is 2. The van der Waals surface area contributed by atoms with Gasteiger partial charge in [-0.25, -0.2) is 4.98 Å². The Balaban J connectivity index is 1.39. The number of rotatable bonds is 6. The Morgan fingerprint density at radius 2 is 1.96 bits per heavy atom. The molecule has 6 nitrogen and oxygen atoms in total. The summed E-state index contributed by atoms with van der Waals surface area (Å²) in [5.41, 5.74) is 1.52. The summed E-state index contributed by atoms with van der Waals surface area (Å²) in [6, 6.07) is 9.83. The molecule has 1 aliphatic rings. The summed E-state index contributed by atoms with van der Waals surface area (Å²) in [5, 5.41) is 1.94. The second-order valence-corrected chi connectivity index (χ2v) is 7.93. The number of amides is 1. The van der Waals surface area contributed by atoms with E-state index >= 15 is 0 Å². The standard InChI is InChI=1S/C21H23N3O3S/c25-19(15-27-20(26)13-16-14-23-11-12-28-21(23)22-16)24(17-7-3-1-4-8-17)18-9-5-2-6-10-18/h1,3-4,7-8,11-12,14,18H,2,5-6,9-10,13,15H2. The molecule has 2 aromatic heterocycles. The lowest BCUT2D eigenvalue weighted by Crippen LogP contribution is -2.44. The van der Waals surface area contributed by atoms with Gasteiger partial charge >= 0.3 is 5.97 Å². The number of fused-ring (bicyclic) bond motifs is 1. The molecular formula is C21H23N3O3S. The highest BCUT2D eigenvalue weighted by Gasteiger charge is 2.27. The maximum atomic E-state index is 12.9. The number of thiazole rings is 1. The summed E-state index contributed by atoms with van der Waals surface area (Å²) in [4.78, 5) is 32.2. The number of anilines is 1. The summed E-state index contributed by atoms with van der Waals surface area (Å²) in [6.45, 7) is -0.244. The van der Waals surface area contributed by atoms with Crippen molar-refractivity contribution in [3.63, 3.8) is 0 Å². The first-order valence-electron chi connectivity index (χ1n) is 9.64. The van der Waals surface area contributed by atoms with Gasteiger partial charge in [0.05, 0.1) is 12.1 Å². The van der Waals surface area contributed by atoms with Gasteiger partial charge in [-0.2, -0.15) is 0 Å². The molecule has 1 aliphatic carbocycles. The van der Waals surface area contributed by atoms with Crippen LogP contribution in [0.25, 0.3) is 4.96 Å². The van der Waals surface area contributed by atoms with Gasteiger partial charge in [-0.1, -0.05) is 37.5 Å². The molecule has 0 saturated heterocycles. The largest absolute Gasteiger partial charge is 0.455 e. The number of carbonyl (C=O) groups excluding carboxylic acids is 2. The van der Waals surface area contributed by atoms with Crippen molar-refractivity contribution in [2.24, 2.45) is 0 Å². The number of hydrogen-bond acceptors (Lipinski definition) is 5. The molecule has 0 N–H and O–H groups in total. The SMILES string of the molecule is O=C(Cc1cn2ccsc2n1)OCC(=O)N(c1ccccc1)C1CCCCC1. The van der Waals surface area contributed by atoms with Gasteiger partial charge in [0.1, 0.15) is 0 Å². The van der Waals surface area contributed by atoms with Crippen LogP contribution in [0.1, 0.15) is 37.8 Å². The average molecular weight is 398 g/mol. The van der Waals surface area contributed by atoms with Crippen LogP contribution < -0.4 is 4.90 Å². The zero-order chi connectivity index (χ0) is 19.3. The van der Waals surface area contributed by atoms with E-state index in [1.54, 1.807) is 0 Å². The minimum absolute atomic E-state index is 0.0659. The van der Waals surface area contributed by atoms with Gasteiger partial charge in [0.2, 0.25) is 0 Å². The highest BCUT2D eigenvalue weighted by molar-refractivity contribution is 7.15. The fourth-order valence-corrected chi connectivity index (χ4v) is 4.48. The third-order valence-corrected chi connectivity index (χ3v) is 5.84. The number of para-hydroxylation sites is 1. The molecule has 1 fully saturated rings. The van der Waals surface area contributed by atoms with E-state index in [0.717, 1.165) is 36.3 Å². The predicted octanol–water partition coefficient (Wildman–Crippen LogP) is 3.85. The molecule has 0 unspecified atom stereocenters. The number of hydrogen-bond donors (Lipinski definition) is 0. The van der Waals surface area contributed by atoms with Gasteiger partial charge < -0.3 is 9.64 Å². The van der Waals surface area contributed by atoms with Crippen molar-refractivity contribution < 1.29 is 14.3 Å². The van der Waals surface area contributed by atoms with Gasteiger partial charge in [0.15, 0.2) is 11.6 Å². The summed E-state index contributed by atoms with van der Waals surface area (Å²) in [7, 11) is 0. The first kappa shape index (κ1) is 18.7. The highest BCUT2D eigenvalue weighted by Crippen LogP contribution is 2.27. The number of esters is 1. The third-order valence-electron chi connectivity index (χ3n) is 5.07. The zero-order valence-electron chi connectivity index (χ0n) is 15.6. The molecule has 7 heteroatoms. The molecule has 0 atom stereocenters. The highest BCUT2D eigenvalue weighted by atomic mass is 32.1. The summed E-state index contributed by atoms with van der Waals surface area (Å²) in [5.74, 6) is -0.604. The molecule has 2 heterocycles. The van der Waals surface area contributed by atoms with E-state index in [9.17, 15) is 9.59 Å². The molecule has 0 spiro atoms. The van der Waals surface area contributed by atoms with E-state index in [4.69, 9.17) is 4.74 Å². The van der Waals surface area contributed by atoms with Crippen LogP contribution in [0.4, 0.5) is 5.69 Å². The first-order valence-corrected chi connectivity index (χ1v) is 10.5. The van der Waals surface area contributed by atoms with Gasteiger partial charge in [-0.15, -0.1) is 11.3 Å². The van der Waals surface area contributed by atoms with Crippen LogP contribution in [0.2, 0.25) is 0 Å². The lowest BCUT2D eigenvalue weighted by Gasteiger charge is -2.34. The Bertz CT molecular complexity index is 916. The molecule has 4 rings (SSSR count). The Morgan fingerprint density at radius 3 is 2.71 bits per heavy atom. The van der Waals surface area contributed by atoms with E-state index in [1.165, 1.54) is 17.8 Å². The molecule has 0 radical (unpaired) electrons. The normalized spacial score (nSPS) is 14.9. The number of imidazole rings is 1. The van der Waals surface area contributed by atoms with Crippen molar-refractivity contribution >= 4 is 33.9 Å². The lowest BCUT2D eigenvalue weighted by molar-refractivity contribution is -0.147. The topological polar surface area (TPSA) is 63.9 Å². The molecule has 0 aliphatic heterocycles. The molecule has 1 amide bonds. The number of aromatic nitrogens is 2. The van der Waals surface area contributed by atoms with Gasteiger partial charge in [-0.3, -0.25) is 14.0 Å². The quantitative estimate of drug-likeness (QED) is 0.593. The Hall–Kier alpha value is -2.67. The first-order chi connectivity index (χ1) is 13.7. The van der Waals surface area contributed by atoms with Crippen molar-refractivity contribution in [1.29, 1.82) is 0 Å². The second kappa shape index (κ2) is 8.56. The average Bonchev–Trinajstić information content (AvgIpc) is 3.30. The van der Waals surface area contributed by atoms with Crippen molar-refractivity contribution in [2.45, 2.75) is 44.6 Å². The van der Waals surface area contributed by atoms with E-state index in [-0.39, 0.29) is 25.0 Å². The van der Waals surface area contributed by atoms with Gasteiger partial charge in [0, 0.05) is 29.5 Å². The summed E-state index contributed by atoms with van der Waals surface area (Å²) < 4.78 is 7.17. The molecule has 1 saturated carbocycles. The van der Waals surface area contributed by atoms with Crippen LogP contribution in [0.15, 0.2) is 48.1 Å². The van der Waals surface area contributed by atoms with E-state index in [1.807, 2.05) is 57.4 Å². The molecule has 1 aromatic carbocycles. The van der Waals surface area contributed by atoms with Gasteiger partial charge in [0.25, 0.3) is 5.91 Å². The smallest absolute Gasteiger partial charge is 0.312 e. The maximum Gasteiger partial charge on any atom is 0.312 e. The van der Waals surface area contributed by atoms with Crippen LogP contribution in [-0.2, 0) is 20.7 Å². The third kappa shape index (κ3) is 4.25. The fraction of sp³-hybridized carbons (Fsp3) is 0.381. The molecule has 146 valence electrons. The van der Waals surface area contributed by atoms with Crippen molar-refractivity contribution in [1.82, 2.24) is 9.38 Å². The number of nitrogens with zero attached hydrogens (tertiary/aromatic N) is 3. The maximum absolute atomic E-state index is 12.9. The van der Waals surface area contributed by atoms with Crippen LogP contribution in [0, 0.1) is 0 Å². The minimum Gasteiger partial charge on any atom is -0.455 e. The van der Waals surface area contributed by atoms with Gasteiger partial charge in [-0.05, 0) is 25.0 Å². The van der Waals surface area contributed by atoms with Crippen LogP contribution in [0.5, 0.6) is 0 Å². The van der Waals surface area contributed by atoms with Crippen LogP contribution in [-0.4, -0.2) is 33.9 Å². The monoisotopic (exact) mass is 397 g/mol. The van der Waals surface area contributed by atoms with Crippen LogP contribution >= 0.6 is 11.3 Å². The summed E-state index contributed by atoms with van der Waals surface area (Å²) in [6.07, 6.45) is 9.21. The molecular weight excluding hydrogens is 374 g/mol. The fourth-order valence-electron chi connectivity index (χ4n) is 3.76. The summed E-state index contributed by atoms with van der Waals surface area (Å²) >= 11 is 1.51. The van der Waals surface area contributed by atoms with Crippen molar-refractivity contribution in [3.05, 3.63) is 53.8 Å². The number of benzene rings is 1. The number of ether oxygens (including phenoxy) is 1. The lowest BCUT2D eigenvalue weighted by atomic mass is 9.93. The van der Waals surface area contributed by atoms with Crippen molar-refractivity contribution in [3.8, 4) is 0 Å². The van der Waals surface area contributed by atoms with E-state index in [0.29, 0.717) is 5.69 Å². The minimum atomic E-state index is -0.434. The Labute approximate surface area is 167 Å². The Kier molecular flexibility index (Phi) is 5.71. The van der Waals surface area contributed by atoms with Crippen LogP contribution in [0.3, 0.4) is 0 Å². The van der Waals surface area contributed by atoms with E-state index in [2.05, 4.69) is 4.98 Å². The van der Waals surface area contributed by atoms with Crippen molar-refractivity contribution in [2.75, 3.05) is 11.5 Å². The molecule has 0 bridgehead atoms. The Morgan fingerprint density at radius 1 is 1.18 bits per heavy atom. The second-order valence-electron chi connectivity index (χ2n) is 7.05. The zero-order valence-corrected chi connectivity index (χ0v) is 16.4.